The van der Waals surface area contributed by atoms with Gasteiger partial charge in [-0.1, -0.05) is 66.9 Å². The summed E-state index contributed by atoms with van der Waals surface area (Å²) < 4.78 is 0. The van der Waals surface area contributed by atoms with Gasteiger partial charge in [0, 0.05) is 28.8 Å². The van der Waals surface area contributed by atoms with Crippen LogP contribution < -0.4 is 5.32 Å². The van der Waals surface area contributed by atoms with E-state index in [1.165, 1.54) is 57.3 Å². The van der Waals surface area contributed by atoms with Crippen molar-refractivity contribution in [2.24, 2.45) is 5.41 Å². The Morgan fingerprint density at radius 2 is 1.68 bits per heavy atom. The van der Waals surface area contributed by atoms with Crippen molar-refractivity contribution < 1.29 is 0 Å². The second-order valence-corrected chi connectivity index (χ2v) is 8.99. The van der Waals surface area contributed by atoms with Crippen molar-refractivity contribution >= 4 is 28.9 Å². The van der Waals surface area contributed by atoms with E-state index < -0.39 is 0 Å². The molecule has 1 aliphatic heterocycles. The van der Waals surface area contributed by atoms with E-state index in [0.29, 0.717) is 15.5 Å². The third-order valence-corrected chi connectivity index (χ3v) is 6.74. The highest BCUT2D eigenvalue weighted by Crippen LogP contribution is 2.39. The minimum absolute atomic E-state index is 0.511. The van der Waals surface area contributed by atoms with E-state index in [4.69, 9.17) is 23.2 Å². The minimum Gasteiger partial charge on any atom is -0.385 e. The Balaban J connectivity index is 1.39. The molecule has 0 radical (unpaired) electrons. The van der Waals surface area contributed by atoms with Crippen molar-refractivity contribution in [1.82, 2.24) is 4.90 Å². The third-order valence-electron chi connectivity index (χ3n) is 6.30. The van der Waals surface area contributed by atoms with E-state index in [1.807, 2.05) is 12.1 Å². The Morgan fingerprint density at radius 1 is 1.00 bits per heavy atom. The molecule has 28 heavy (non-hydrogen) atoms. The average molecular weight is 419 g/mol. The second-order valence-electron chi connectivity index (χ2n) is 8.12. The van der Waals surface area contributed by atoms with E-state index in [2.05, 4.69) is 47.5 Å². The molecular formula is C24H32Cl2N2. The SMILES string of the molecule is CCC1(CCCNc2cc(Cl)cc(Cl)c2)CCN(CCc2ccccc2)CC1. The summed E-state index contributed by atoms with van der Waals surface area (Å²) in [6, 6.07) is 16.5. The molecule has 152 valence electrons. The molecule has 0 spiro atoms. The summed E-state index contributed by atoms with van der Waals surface area (Å²) in [4.78, 5) is 2.65. The predicted molar refractivity (Wildman–Crippen MR) is 123 cm³/mol. The first kappa shape index (κ1) is 21.5. The molecule has 0 saturated carbocycles. The molecule has 1 aliphatic rings. The molecule has 0 amide bonds. The van der Waals surface area contributed by atoms with Gasteiger partial charge in [-0.05, 0) is 74.4 Å². The van der Waals surface area contributed by atoms with E-state index in [9.17, 15) is 0 Å². The molecule has 0 unspecified atom stereocenters. The van der Waals surface area contributed by atoms with Gasteiger partial charge in [-0.3, -0.25) is 0 Å². The van der Waals surface area contributed by atoms with Crippen molar-refractivity contribution in [2.75, 3.05) is 31.5 Å². The zero-order chi connectivity index (χ0) is 19.8. The highest BCUT2D eigenvalue weighted by atomic mass is 35.5. The fourth-order valence-corrected chi connectivity index (χ4v) is 4.84. The van der Waals surface area contributed by atoms with Crippen molar-refractivity contribution in [1.29, 1.82) is 0 Å². The number of piperidine rings is 1. The fraction of sp³-hybridized carbons (Fsp3) is 0.500. The van der Waals surface area contributed by atoms with Gasteiger partial charge in [-0.15, -0.1) is 0 Å². The molecule has 0 aromatic heterocycles. The summed E-state index contributed by atoms with van der Waals surface area (Å²) in [6.45, 7) is 6.98. The van der Waals surface area contributed by atoms with Crippen LogP contribution in [-0.2, 0) is 6.42 Å². The van der Waals surface area contributed by atoms with Gasteiger partial charge in [0.25, 0.3) is 0 Å². The highest BCUT2D eigenvalue weighted by molar-refractivity contribution is 6.35. The fourth-order valence-electron chi connectivity index (χ4n) is 4.32. The lowest BCUT2D eigenvalue weighted by Gasteiger charge is -2.42. The molecule has 0 atom stereocenters. The molecule has 2 aromatic carbocycles. The predicted octanol–water partition coefficient (Wildman–Crippen LogP) is 6.92. The second kappa shape index (κ2) is 10.5. The summed E-state index contributed by atoms with van der Waals surface area (Å²) in [5.74, 6) is 0. The Hall–Kier alpha value is -1.22. The van der Waals surface area contributed by atoms with Crippen molar-refractivity contribution in [2.45, 2.75) is 45.4 Å². The first-order chi connectivity index (χ1) is 13.6. The summed E-state index contributed by atoms with van der Waals surface area (Å²) in [6.07, 6.45) is 7.55. The van der Waals surface area contributed by atoms with Crippen molar-refractivity contribution in [3.63, 3.8) is 0 Å². The van der Waals surface area contributed by atoms with Crippen LogP contribution in [0.25, 0.3) is 0 Å². The van der Waals surface area contributed by atoms with Gasteiger partial charge in [0.15, 0.2) is 0 Å². The number of hydrogen-bond acceptors (Lipinski definition) is 2. The van der Waals surface area contributed by atoms with Gasteiger partial charge in [0.2, 0.25) is 0 Å². The topological polar surface area (TPSA) is 15.3 Å². The molecule has 0 bridgehead atoms. The molecule has 1 heterocycles. The Labute approximate surface area is 180 Å². The van der Waals surface area contributed by atoms with Crippen molar-refractivity contribution in [3.05, 3.63) is 64.1 Å². The monoisotopic (exact) mass is 418 g/mol. The molecule has 0 aliphatic carbocycles. The Kier molecular flexibility index (Phi) is 8.08. The van der Waals surface area contributed by atoms with Crippen LogP contribution in [0, 0.1) is 5.41 Å². The van der Waals surface area contributed by atoms with Gasteiger partial charge in [-0.25, -0.2) is 0 Å². The first-order valence-electron chi connectivity index (χ1n) is 10.5. The number of nitrogens with zero attached hydrogens (tertiary/aromatic N) is 1. The number of halogens is 2. The lowest BCUT2D eigenvalue weighted by molar-refractivity contribution is 0.0907. The minimum atomic E-state index is 0.511. The largest absolute Gasteiger partial charge is 0.385 e. The Morgan fingerprint density at radius 3 is 2.32 bits per heavy atom. The summed E-state index contributed by atoms with van der Waals surface area (Å²) >= 11 is 12.2. The molecule has 2 nitrogen and oxygen atoms in total. The lowest BCUT2D eigenvalue weighted by Crippen LogP contribution is -2.40. The molecule has 2 aromatic rings. The van der Waals surface area contributed by atoms with Crippen LogP contribution in [0.3, 0.4) is 0 Å². The van der Waals surface area contributed by atoms with E-state index in [0.717, 1.165) is 18.7 Å². The van der Waals surface area contributed by atoms with Gasteiger partial charge in [0.05, 0.1) is 0 Å². The van der Waals surface area contributed by atoms with Gasteiger partial charge in [-0.2, -0.15) is 0 Å². The number of anilines is 1. The number of hydrogen-bond donors (Lipinski definition) is 1. The first-order valence-corrected chi connectivity index (χ1v) is 11.3. The summed E-state index contributed by atoms with van der Waals surface area (Å²) in [5.41, 5.74) is 2.97. The smallest absolute Gasteiger partial charge is 0.0441 e. The Bertz CT molecular complexity index is 704. The van der Waals surface area contributed by atoms with Crippen LogP contribution in [0.15, 0.2) is 48.5 Å². The standard InChI is InChI=1S/C24H32Cl2N2/c1-2-24(10-6-13-27-23-18-21(25)17-22(26)19-23)11-15-28(16-12-24)14-9-20-7-4-3-5-8-20/h3-5,7-8,17-19,27H,2,6,9-16H2,1H3. The quantitative estimate of drug-likeness (QED) is 0.444. The van der Waals surface area contributed by atoms with E-state index in [-0.39, 0.29) is 0 Å². The van der Waals surface area contributed by atoms with Crippen LogP contribution in [0.2, 0.25) is 10.0 Å². The van der Waals surface area contributed by atoms with E-state index in [1.54, 1.807) is 6.07 Å². The maximum absolute atomic E-state index is 6.08. The van der Waals surface area contributed by atoms with Crippen LogP contribution in [0.5, 0.6) is 0 Å². The normalized spacial score (nSPS) is 16.8. The van der Waals surface area contributed by atoms with Crippen LogP contribution in [0.4, 0.5) is 5.69 Å². The van der Waals surface area contributed by atoms with Crippen LogP contribution >= 0.6 is 23.2 Å². The number of nitrogens with one attached hydrogen (secondary N) is 1. The summed E-state index contributed by atoms with van der Waals surface area (Å²) in [7, 11) is 0. The number of rotatable bonds is 9. The maximum Gasteiger partial charge on any atom is 0.0441 e. The molecule has 1 N–H and O–H groups in total. The molecule has 1 fully saturated rings. The number of benzene rings is 2. The zero-order valence-electron chi connectivity index (χ0n) is 16.9. The number of likely N-dealkylation sites (tertiary alicyclic amines) is 1. The molecule has 4 heteroatoms. The van der Waals surface area contributed by atoms with Crippen LogP contribution in [0.1, 0.15) is 44.6 Å². The molecular weight excluding hydrogens is 387 g/mol. The highest BCUT2D eigenvalue weighted by Gasteiger charge is 2.32. The van der Waals surface area contributed by atoms with Gasteiger partial charge in [0.1, 0.15) is 0 Å². The summed E-state index contributed by atoms with van der Waals surface area (Å²) in [5, 5.41) is 4.84. The average Bonchev–Trinajstić information content (AvgIpc) is 2.71. The van der Waals surface area contributed by atoms with Gasteiger partial charge >= 0.3 is 0 Å². The van der Waals surface area contributed by atoms with Gasteiger partial charge < -0.3 is 10.2 Å². The molecule has 3 rings (SSSR count). The third kappa shape index (κ3) is 6.40. The maximum atomic E-state index is 6.08. The zero-order valence-corrected chi connectivity index (χ0v) is 18.4. The van der Waals surface area contributed by atoms with Crippen LogP contribution in [-0.4, -0.2) is 31.1 Å². The van der Waals surface area contributed by atoms with Crippen molar-refractivity contribution in [3.8, 4) is 0 Å². The lowest BCUT2D eigenvalue weighted by atomic mass is 9.73. The molecule has 1 saturated heterocycles. The van der Waals surface area contributed by atoms with E-state index >= 15 is 0 Å².